The van der Waals surface area contributed by atoms with E-state index in [0.29, 0.717) is 17.2 Å². The smallest absolute Gasteiger partial charge is 0.256 e. The molecular formula is C81H54BN3O2. The highest BCUT2D eigenvalue weighted by atomic mass is 16.5. The average Bonchev–Trinajstić information content (AvgIpc) is 1.63. The maximum atomic E-state index is 9.62. The van der Waals surface area contributed by atoms with Crippen molar-refractivity contribution in [2.45, 2.75) is 19.3 Å². The van der Waals surface area contributed by atoms with E-state index >= 15 is 0 Å². The summed E-state index contributed by atoms with van der Waals surface area (Å²) in [6, 6.07) is 80.9. The van der Waals surface area contributed by atoms with Crippen LogP contribution in [0.1, 0.15) is 35.9 Å². The van der Waals surface area contributed by atoms with Crippen molar-refractivity contribution in [3.05, 3.63) is 302 Å². The number of ether oxygens (including phenoxy) is 2. The second-order valence-electron chi connectivity index (χ2n) is 23.3. The van der Waals surface area contributed by atoms with Gasteiger partial charge in [-0.15, -0.1) is 0 Å². The molecule has 3 aliphatic heterocycles. The van der Waals surface area contributed by atoms with Gasteiger partial charge in [0.1, 0.15) is 23.0 Å². The summed E-state index contributed by atoms with van der Waals surface area (Å²) in [6.45, 7) is 4.03. The Morgan fingerprint density at radius 3 is 1.60 bits per heavy atom. The van der Waals surface area contributed by atoms with E-state index in [-0.39, 0.29) is 33.9 Å². The maximum Gasteiger partial charge on any atom is 0.256 e. The van der Waals surface area contributed by atoms with Crippen molar-refractivity contribution in [1.82, 2.24) is 9.13 Å². The van der Waals surface area contributed by atoms with Crippen molar-refractivity contribution in [3.63, 3.8) is 0 Å². The molecule has 0 bridgehead atoms. The fourth-order valence-electron chi connectivity index (χ4n) is 14.2. The molecule has 5 nitrogen and oxygen atoms in total. The lowest BCUT2D eigenvalue weighted by Crippen LogP contribution is -2.59. The molecule has 13 aromatic carbocycles. The van der Waals surface area contributed by atoms with Crippen LogP contribution in [0.15, 0.2) is 291 Å². The van der Waals surface area contributed by atoms with E-state index in [0.717, 1.165) is 117 Å². The summed E-state index contributed by atoms with van der Waals surface area (Å²) in [4.78, 5) is 2.32. The van der Waals surface area contributed by atoms with Gasteiger partial charge in [0.05, 0.1) is 38.7 Å². The Kier molecular flexibility index (Phi) is 9.12. The van der Waals surface area contributed by atoms with Gasteiger partial charge in [-0.3, -0.25) is 0 Å². The van der Waals surface area contributed by atoms with Gasteiger partial charge in [0.25, 0.3) is 6.71 Å². The van der Waals surface area contributed by atoms with Gasteiger partial charge in [-0.05, 0) is 135 Å². The Hall–Kier alpha value is -11.1. The van der Waals surface area contributed by atoms with Crippen LogP contribution in [-0.4, -0.2) is 15.8 Å². The summed E-state index contributed by atoms with van der Waals surface area (Å²) in [5, 5.41) is 2.40. The highest BCUT2D eigenvalue weighted by molar-refractivity contribution is 6.99. The van der Waals surface area contributed by atoms with Crippen molar-refractivity contribution in [3.8, 4) is 78.9 Å². The third kappa shape index (κ3) is 7.47. The normalized spacial score (nSPS) is 14.7. The monoisotopic (exact) mass is 1120 g/mol. The van der Waals surface area contributed by atoms with Gasteiger partial charge in [0.2, 0.25) is 0 Å². The highest BCUT2D eigenvalue weighted by Gasteiger charge is 2.44. The quantitative estimate of drug-likeness (QED) is 0.149. The Bertz CT molecular complexity index is 5640. The SMILES string of the molecule is [2H]c1c([2H])c([2H])c2c(c1[2H])c1c([2H])c([2H])c([2H])c([2H])c1n2-c1ccc2c(c1)N(c1c(-c3ccccc3)cccc1-c1ccccc1)c1cc(-c3ccc4c(c3)C(C)(C)c3ccccc3O4)cc3c1B2c1ccc(-c2ccc(-n4c5ccccc5c5ccccc54)cc2)cc1O3. The van der Waals surface area contributed by atoms with Crippen LogP contribution in [0.5, 0.6) is 23.0 Å². The lowest BCUT2D eigenvalue weighted by molar-refractivity contribution is 0.418. The first kappa shape index (κ1) is 41.8. The number of fused-ring (bicyclic) bond motifs is 12. The first-order valence-corrected chi connectivity index (χ1v) is 29.4. The number of anilines is 3. The van der Waals surface area contributed by atoms with Crippen molar-refractivity contribution >= 4 is 83.8 Å². The lowest BCUT2D eigenvalue weighted by Gasteiger charge is -2.42. The van der Waals surface area contributed by atoms with Crippen LogP contribution in [-0.2, 0) is 5.41 Å². The number of benzene rings is 13. The standard InChI is InChI=1S/C81H54BN3O2/c1-81(2)65-30-13-18-35-75(65)86-76-45-39-54(46-66(76)81)56-47-74-79-78(49-56)87-77-48-55(51-36-40-57(41-37-51)83-69-31-14-9-24-61(69)62-25-10-15-32-70(62)83)38-43-68(77)82(79)67-44-42-58(84-71-33-16-11-26-63(71)64-27-12-17-34-72(64)84)50-73(67)85(74)80-59(52-20-5-3-6-21-52)28-19-29-60(80)53-22-7-4-8-23-53/h3-50H,1-2H3/i11D,12D,16D,17D,26D,27D,33D,34D. The van der Waals surface area contributed by atoms with Gasteiger partial charge >= 0.3 is 0 Å². The molecule has 87 heavy (non-hydrogen) atoms. The van der Waals surface area contributed by atoms with E-state index in [9.17, 15) is 5.48 Å². The molecule has 0 radical (unpaired) electrons. The number of hydrogen-bond donors (Lipinski definition) is 0. The molecule has 0 saturated heterocycles. The molecule has 0 N–H and O–H groups in total. The summed E-state index contributed by atoms with van der Waals surface area (Å²) in [5.41, 5.74) is 18.3. The number of aromatic nitrogens is 2. The fraction of sp³-hybridized carbons (Fsp3) is 0.0370. The minimum atomic E-state index is -0.502. The summed E-state index contributed by atoms with van der Waals surface area (Å²) in [5.74, 6) is 2.96. The van der Waals surface area contributed by atoms with E-state index in [1.807, 2.05) is 60.7 Å². The molecule has 0 saturated carbocycles. The van der Waals surface area contributed by atoms with Crippen LogP contribution in [0.2, 0.25) is 0 Å². The molecule has 15 aromatic rings. The van der Waals surface area contributed by atoms with Crippen molar-refractivity contribution in [2.24, 2.45) is 0 Å². The highest BCUT2D eigenvalue weighted by Crippen LogP contribution is 2.53. The topological polar surface area (TPSA) is 31.6 Å². The van der Waals surface area contributed by atoms with E-state index in [1.54, 1.807) is 4.57 Å². The van der Waals surface area contributed by atoms with Crippen LogP contribution < -0.4 is 30.8 Å². The zero-order chi connectivity index (χ0) is 64.4. The van der Waals surface area contributed by atoms with Gasteiger partial charge in [-0.25, -0.2) is 0 Å². The molecule has 3 aliphatic rings. The molecule has 0 amide bonds. The van der Waals surface area contributed by atoms with Crippen LogP contribution in [0.3, 0.4) is 0 Å². The van der Waals surface area contributed by atoms with Gasteiger partial charge in [-0.1, -0.05) is 220 Å². The Balaban J connectivity index is 0.917. The average molecular weight is 1120 g/mol. The summed E-state index contributed by atoms with van der Waals surface area (Å²) < 4.78 is 92.1. The maximum absolute atomic E-state index is 9.62. The van der Waals surface area contributed by atoms with E-state index in [1.165, 1.54) is 10.8 Å². The predicted octanol–water partition coefficient (Wildman–Crippen LogP) is 19.4. The van der Waals surface area contributed by atoms with Gasteiger partial charge in [0, 0.05) is 72.0 Å². The molecule has 0 unspecified atom stereocenters. The van der Waals surface area contributed by atoms with Gasteiger partial charge in [-0.2, -0.15) is 0 Å². The Morgan fingerprint density at radius 1 is 0.356 bits per heavy atom. The lowest BCUT2D eigenvalue weighted by atomic mass is 9.34. The van der Waals surface area contributed by atoms with E-state index in [2.05, 4.69) is 205 Å². The first-order valence-electron chi connectivity index (χ1n) is 33.4. The third-order valence-electron chi connectivity index (χ3n) is 18.3. The van der Waals surface area contributed by atoms with E-state index in [4.69, 9.17) is 15.0 Å². The number of nitrogens with zero attached hydrogens (tertiary/aromatic N) is 3. The molecule has 0 aliphatic carbocycles. The zero-order valence-electron chi connectivity index (χ0n) is 55.3. The minimum Gasteiger partial charge on any atom is -0.458 e. The molecular weight excluding hydrogens is 1060 g/mol. The first-order chi connectivity index (χ1) is 46.2. The minimum absolute atomic E-state index is 0.00520. The Labute approximate surface area is 516 Å². The van der Waals surface area contributed by atoms with Crippen molar-refractivity contribution in [1.29, 1.82) is 0 Å². The van der Waals surface area contributed by atoms with Crippen LogP contribution >= 0.6 is 0 Å². The zero-order valence-corrected chi connectivity index (χ0v) is 47.3. The molecule has 6 heteroatoms. The molecule has 0 spiro atoms. The largest absolute Gasteiger partial charge is 0.458 e. The molecule has 408 valence electrons. The third-order valence-corrected chi connectivity index (χ3v) is 18.3. The summed E-state index contributed by atoms with van der Waals surface area (Å²) in [6.07, 6.45) is 0. The van der Waals surface area contributed by atoms with Crippen molar-refractivity contribution in [2.75, 3.05) is 4.90 Å². The number of hydrogen-bond acceptors (Lipinski definition) is 3. The second kappa shape index (κ2) is 19.0. The predicted molar refractivity (Wildman–Crippen MR) is 361 cm³/mol. The van der Waals surface area contributed by atoms with Crippen molar-refractivity contribution < 1.29 is 20.4 Å². The van der Waals surface area contributed by atoms with E-state index < -0.39 is 48.4 Å². The van der Waals surface area contributed by atoms with Crippen LogP contribution in [0.25, 0.3) is 99.5 Å². The van der Waals surface area contributed by atoms with Crippen LogP contribution in [0, 0.1) is 0 Å². The molecule has 2 aromatic heterocycles. The van der Waals surface area contributed by atoms with Crippen LogP contribution in [0.4, 0.5) is 17.1 Å². The Morgan fingerprint density at radius 2 is 0.897 bits per heavy atom. The molecule has 0 atom stereocenters. The summed E-state index contributed by atoms with van der Waals surface area (Å²) in [7, 11) is 0. The molecule has 0 fully saturated rings. The van der Waals surface area contributed by atoms with Gasteiger partial charge in [0.15, 0.2) is 0 Å². The fourth-order valence-corrected chi connectivity index (χ4v) is 14.2. The number of rotatable bonds is 7. The molecule has 18 rings (SSSR count). The summed E-state index contributed by atoms with van der Waals surface area (Å²) >= 11 is 0. The molecule has 5 heterocycles. The second-order valence-corrected chi connectivity index (χ2v) is 23.3. The number of para-hydroxylation sites is 6. The van der Waals surface area contributed by atoms with Gasteiger partial charge < -0.3 is 23.5 Å².